The minimum Gasteiger partial charge on any atom is -0.340 e. The van der Waals surface area contributed by atoms with Crippen LogP contribution < -0.4 is 10.6 Å². The predicted molar refractivity (Wildman–Crippen MR) is 120 cm³/mol. The number of thiophene rings is 1. The molecule has 1 aromatic carbocycles. The predicted octanol–water partition coefficient (Wildman–Crippen LogP) is 3.73. The third-order valence-corrected chi connectivity index (χ3v) is 7.37. The van der Waals surface area contributed by atoms with Crippen LogP contribution in [0.3, 0.4) is 0 Å². The summed E-state index contributed by atoms with van der Waals surface area (Å²) in [7, 11) is 0. The molecule has 3 aromatic rings. The number of aromatic nitrogens is 2. The van der Waals surface area contributed by atoms with E-state index in [0.29, 0.717) is 5.91 Å². The highest BCUT2D eigenvalue weighted by atomic mass is 79.9. The fraction of sp³-hybridized carbons (Fsp3) is 0.381. The van der Waals surface area contributed by atoms with Gasteiger partial charge >= 0.3 is 0 Å². The number of amides is 1. The van der Waals surface area contributed by atoms with Crippen LogP contribution in [0.25, 0.3) is 10.2 Å². The molecule has 150 valence electrons. The molecule has 5 rings (SSSR count). The molecule has 0 bridgehead atoms. The van der Waals surface area contributed by atoms with E-state index in [1.54, 1.807) is 17.7 Å². The Bertz CT molecular complexity index is 1060. The summed E-state index contributed by atoms with van der Waals surface area (Å²) in [5.74, 6) is 1.24. The Morgan fingerprint density at radius 3 is 2.97 bits per heavy atom. The van der Waals surface area contributed by atoms with Crippen molar-refractivity contribution in [2.45, 2.75) is 19.3 Å². The van der Waals surface area contributed by atoms with Gasteiger partial charge in [-0.05, 0) is 43.0 Å². The third-order valence-electron chi connectivity index (χ3n) is 5.71. The summed E-state index contributed by atoms with van der Waals surface area (Å²) in [6.07, 6.45) is 4.23. The maximum Gasteiger partial charge on any atom is 0.226 e. The SMILES string of the molecule is O=C(C1CCc2c(sc3ncnc(Nc4cccc(Br)c4)c23)C1)N1CCNCC1. The largest absolute Gasteiger partial charge is 0.340 e. The van der Waals surface area contributed by atoms with Gasteiger partial charge in [-0.1, -0.05) is 22.0 Å². The Balaban J connectivity index is 1.43. The topological polar surface area (TPSA) is 70.2 Å². The number of carbonyl (C=O) groups is 1. The highest BCUT2D eigenvalue weighted by Gasteiger charge is 2.32. The molecular weight excluding hydrogens is 450 g/mol. The van der Waals surface area contributed by atoms with E-state index in [1.807, 2.05) is 29.2 Å². The summed E-state index contributed by atoms with van der Waals surface area (Å²) in [6.45, 7) is 3.43. The molecule has 1 aliphatic carbocycles. The number of benzene rings is 1. The van der Waals surface area contributed by atoms with E-state index in [1.165, 1.54) is 10.4 Å². The highest BCUT2D eigenvalue weighted by Crippen LogP contribution is 2.40. The maximum atomic E-state index is 13.0. The van der Waals surface area contributed by atoms with E-state index in [0.717, 1.165) is 71.6 Å². The maximum absolute atomic E-state index is 13.0. The van der Waals surface area contributed by atoms with E-state index >= 15 is 0 Å². The molecule has 1 saturated heterocycles. The second kappa shape index (κ2) is 8.01. The Labute approximate surface area is 181 Å². The van der Waals surface area contributed by atoms with Crippen LogP contribution in [0.5, 0.6) is 0 Å². The van der Waals surface area contributed by atoms with Crippen molar-refractivity contribution >= 4 is 54.9 Å². The first-order chi connectivity index (χ1) is 14.2. The van der Waals surface area contributed by atoms with Crippen LogP contribution in [0.2, 0.25) is 0 Å². The van der Waals surface area contributed by atoms with Crippen LogP contribution in [-0.2, 0) is 17.6 Å². The third kappa shape index (κ3) is 3.76. The molecule has 29 heavy (non-hydrogen) atoms. The normalized spacial score (nSPS) is 19.2. The lowest BCUT2D eigenvalue weighted by Crippen LogP contribution is -2.49. The van der Waals surface area contributed by atoms with Crippen molar-refractivity contribution in [2.75, 3.05) is 31.5 Å². The van der Waals surface area contributed by atoms with Crippen molar-refractivity contribution in [3.63, 3.8) is 0 Å². The lowest BCUT2D eigenvalue weighted by Gasteiger charge is -2.32. The fourth-order valence-corrected chi connectivity index (χ4v) is 5.93. The monoisotopic (exact) mass is 471 g/mol. The lowest BCUT2D eigenvalue weighted by atomic mass is 9.86. The number of halogens is 1. The molecular formula is C21H22BrN5OS. The van der Waals surface area contributed by atoms with Crippen LogP contribution in [0.4, 0.5) is 11.5 Å². The van der Waals surface area contributed by atoms with Gasteiger partial charge in [0.2, 0.25) is 5.91 Å². The van der Waals surface area contributed by atoms with Crippen LogP contribution in [0, 0.1) is 5.92 Å². The van der Waals surface area contributed by atoms with Crippen molar-refractivity contribution < 1.29 is 4.79 Å². The number of anilines is 2. The Morgan fingerprint density at radius 2 is 2.14 bits per heavy atom. The molecule has 2 aromatic heterocycles. The van der Waals surface area contributed by atoms with Crippen molar-refractivity contribution in [1.29, 1.82) is 0 Å². The Morgan fingerprint density at radius 1 is 1.28 bits per heavy atom. The van der Waals surface area contributed by atoms with Gasteiger partial charge in [0.1, 0.15) is 17.0 Å². The zero-order valence-corrected chi connectivity index (χ0v) is 18.4. The van der Waals surface area contributed by atoms with Gasteiger partial charge in [-0.2, -0.15) is 0 Å². The molecule has 1 unspecified atom stereocenters. The number of aryl methyl sites for hydroxylation is 1. The van der Waals surface area contributed by atoms with Crippen molar-refractivity contribution in [3.05, 3.63) is 45.5 Å². The number of hydrogen-bond donors (Lipinski definition) is 2. The number of hydrogen-bond acceptors (Lipinski definition) is 6. The molecule has 1 amide bonds. The molecule has 8 heteroatoms. The summed E-state index contributed by atoms with van der Waals surface area (Å²) in [6, 6.07) is 8.07. The van der Waals surface area contributed by atoms with E-state index in [2.05, 4.69) is 36.5 Å². The van der Waals surface area contributed by atoms with E-state index in [9.17, 15) is 4.79 Å². The van der Waals surface area contributed by atoms with Gasteiger partial charge in [-0.25, -0.2) is 9.97 Å². The van der Waals surface area contributed by atoms with Crippen molar-refractivity contribution in [2.24, 2.45) is 5.92 Å². The molecule has 3 heterocycles. The lowest BCUT2D eigenvalue weighted by molar-refractivity contribution is -0.136. The van der Waals surface area contributed by atoms with Gasteiger partial charge in [0.15, 0.2) is 0 Å². The summed E-state index contributed by atoms with van der Waals surface area (Å²) in [4.78, 5) is 26.3. The Kier molecular flexibility index (Phi) is 5.24. The van der Waals surface area contributed by atoms with Gasteiger partial charge in [0.05, 0.1) is 5.39 Å². The zero-order valence-electron chi connectivity index (χ0n) is 15.9. The summed E-state index contributed by atoms with van der Waals surface area (Å²) in [5, 5.41) is 7.88. The molecule has 2 N–H and O–H groups in total. The minimum absolute atomic E-state index is 0.0862. The summed E-state index contributed by atoms with van der Waals surface area (Å²) in [5.41, 5.74) is 2.30. The van der Waals surface area contributed by atoms with E-state index in [-0.39, 0.29) is 5.92 Å². The second-order valence-corrected chi connectivity index (χ2v) is 9.56. The van der Waals surface area contributed by atoms with Crippen LogP contribution in [-0.4, -0.2) is 47.0 Å². The molecule has 1 aliphatic heterocycles. The standard InChI is InChI=1S/C21H22BrN5OS/c22-14-2-1-3-15(11-14)26-19-18-16-5-4-13(21(28)27-8-6-23-7-9-27)10-17(16)29-20(18)25-12-24-19/h1-3,11-13,23H,4-10H2,(H,24,25,26). The van der Waals surface area contributed by atoms with Crippen LogP contribution in [0.1, 0.15) is 16.9 Å². The number of nitrogens with zero attached hydrogens (tertiary/aromatic N) is 3. The Hall–Kier alpha value is -2.03. The van der Waals surface area contributed by atoms with Crippen molar-refractivity contribution in [1.82, 2.24) is 20.2 Å². The van der Waals surface area contributed by atoms with Gasteiger partial charge in [0, 0.05) is 47.1 Å². The first-order valence-electron chi connectivity index (χ1n) is 9.96. The summed E-state index contributed by atoms with van der Waals surface area (Å²) < 4.78 is 1.02. The molecule has 1 fully saturated rings. The first kappa shape index (κ1) is 19.0. The zero-order chi connectivity index (χ0) is 19.8. The summed E-state index contributed by atoms with van der Waals surface area (Å²) >= 11 is 5.23. The molecule has 6 nitrogen and oxygen atoms in total. The number of rotatable bonds is 3. The molecule has 0 radical (unpaired) electrons. The average molecular weight is 472 g/mol. The van der Waals surface area contributed by atoms with Gasteiger partial charge in [0.25, 0.3) is 0 Å². The smallest absolute Gasteiger partial charge is 0.226 e. The molecule has 1 atom stereocenters. The number of nitrogens with one attached hydrogen (secondary N) is 2. The van der Waals surface area contributed by atoms with Gasteiger partial charge in [-0.15, -0.1) is 11.3 Å². The van der Waals surface area contributed by atoms with Gasteiger partial charge in [-0.3, -0.25) is 4.79 Å². The van der Waals surface area contributed by atoms with Crippen LogP contribution >= 0.6 is 27.3 Å². The fourth-order valence-electron chi connectivity index (χ4n) is 4.26. The van der Waals surface area contributed by atoms with Gasteiger partial charge < -0.3 is 15.5 Å². The minimum atomic E-state index is 0.0862. The van der Waals surface area contributed by atoms with E-state index in [4.69, 9.17) is 0 Å². The number of carbonyl (C=O) groups excluding carboxylic acids is 1. The second-order valence-electron chi connectivity index (χ2n) is 7.56. The average Bonchev–Trinajstić information content (AvgIpc) is 3.12. The van der Waals surface area contributed by atoms with Crippen molar-refractivity contribution in [3.8, 4) is 0 Å². The molecule has 0 spiro atoms. The van der Waals surface area contributed by atoms with Crippen LogP contribution in [0.15, 0.2) is 35.1 Å². The van der Waals surface area contributed by atoms with E-state index < -0.39 is 0 Å². The quantitative estimate of drug-likeness (QED) is 0.608. The molecule has 2 aliphatic rings. The first-order valence-corrected chi connectivity index (χ1v) is 11.6. The highest BCUT2D eigenvalue weighted by molar-refractivity contribution is 9.10. The molecule has 0 saturated carbocycles. The number of fused-ring (bicyclic) bond motifs is 3. The number of piperazine rings is 1.